The molecule has 24 heavy (non-hydrogen) atoms. The zero-order valence-electron chi connectivity index (χ0n) is 14.3. The van der Waals surface area contributed by atoms with Crippen LogP contribution in [-0.4, -0.2) is 37.9 Å². The van der Waals surface area contributed by atoms with Crippen molar-refractivity contribution in [1.29, 1.82) is 0 Å². The molecule has 0 aliphatic heterocycles. The summed E-state index contributed by atoms with van der Waals surface area (Å²) in [6.45, 7) is 0.828. The predicted molar refractivity (Wildman–Crippen MR) is 93.3 cm³/mol. The molecule has 0 fully saturated rings. The van der Waals surface area contributed by atoms with E-state index in [1.165, 1.54) is 5.56 Å². The second-order valence-electron chi connectivity index (χ2n) is 5.57. The van der Waals surface area contributed by atoms with Crippen molar-refractivity contribution in [2.24, 2.45) is 0 Å². The molecule has 0 spiro atoms. The molecular weight excluding hydrogens is 306 g/mol. The number of carbonyl (C=O) groups is 3. The van der Waals surface area contributed by atoms with E-state index in [0.717, 1.165) is 12.8 Å². The van der Waals surface area contributed by atoms with Crippen molar-refractivity contribution in [3.63, 3.8) is 0 Å². The molecule has 0 unspecified atom stereocenters. The maximum atomic E-state index is 11.7. The summed E-state index contributed by atoms with van der Waals surface area (Å²) in [6.07, 6.45) is 3.37. The molecule has 3 amide bonds. The minimum absolute atomic E-state index is 0.000188. The van der Waals surface area contributed by atoms with Crippen molar-refractivity contribution in [1.82, 2.24) is 16.0 Å². The van der Waals surface area contributed by atoms with Crippen LogP contribution in [0.3, 0.4) is 0 Å². The van der Waals surface area contributed by atoms with E-state index in [1.807, 2.05) is 18.2 Å². The Labute approximate surface area is 143 Å². The van der Waals surface area contributed by atoms with Crippen molar-refractivity contribution in [3.8, 4) is 0 Å². The quantitative estimate of drug-likeness (QED) is 0.531. The van der Waals surface area contributed by atoms with Gasteiger partial charge in [-0.2, -0.15) is 0 Å². The SMILES string of the molecule is CNC(=O)CCCC(=O)NCCNC(=O)CCCc1ccccc1. The highest BCUT2D eigenvalue weighted by molar-refractivity contribution is 5.79. The van der Waals surface area contributed by atoms with E-state index in [0.29, 0.717) is 38.8 Å². The van der Waals surface area contributed by atoms with Crippen molar-refractivity contribution < 1.29 is 14.4 Å². The molecular formula is C18H27N3O3. The van der Waals surface area contributed by atoms with Gasteiger partial charge in [-0.05, 0) is 24.8 Å². The van der Waals surface area contributed by atoms with Crippen LogP contribution in [-0.2, 0) is 20.8 Å². The molecule has 3 N–H and O–H groups in total. The fourth-order valence-corrected chi connectivity index (χ4v) is 2.21. The summed E-state index contributed by atoms with van der Waals surface area (Å²) in [5, 5.41) is 8.03. The maximum Gasteiger partial charge on any atom is 0.220 e. The first kappa shape index (κ1) is 19.7. The Morgan fingerprint density at radius 3 is 1.92 bits per heavy atom. The Balaban J connectivity index is 1.99. The molecule has 6 heteroatoms. The van der Waals surface area contributed by atoms with Gasteiger partial charge in [-0.3, -0.25) is 14.4 Å². The summed E-state index contributed by atoms with van der Waals surface area (Å²) in [6, 6.07) is 10.1. The second kappa shape index (κ2) is 12.1. The second-order valence-corrected chi connectivity index (χ2v) is 5.57. The summed E-state index contributed by atoms with van der Waals surface area (Å²) in [4.78, 5) is 34.2. The third-order valence-electron chi connectivity index (χ3n) is 3.57. The Hall–Kier alpha value is -2.37. The average Bonchev–Trinajstić information content (AvgIpc) is 2.59. The van der Waals surface area contributed by atoms with Gasteiger partial charge in [-0.1, -0.05) is 30.3 Å². The molecule has 132 valence electrons. The predicted octanol–water partition coefficient (Wildman–Crippen LogP) is 1.16. The highest BCUT2D eigenvalue weighted by Gasteiger charge is 2.04. The summed E-state index contributed by atoms with van der Waals surface area (Å²) >= 11 is 0. The molecule has 0 saturated heterocycles. The van der Waals surface area contributed by atoms with Crippen molar-refractivity contribution >= 4 is 17.7 Å². The van der Waals surface area contributed by atoms with Crippen molar-refractivity contribution in [2.75, 3.05) is 20.1 Å². The van der Waals surface area contributed by atoms with Crippen LogP contribution in [0.15, 0.2) is 30.3 Å². The number of aryl methyl sites for hydroxylation is 1. The van der Waals surface area contributed by atoms with Crippen LogP contribution in [0, 0.1) is 0 Å². The Morgan fingerprint density at radius 1 is 0.792 bits per heavy atom. The monoisotopic (exact) mass is 333 g/mol. The van der Waals surface area contributed by atoms with Gasteiger partial charge in [-0.25, -0.2) is 0 Å². The zero-order chi connectivity index (χ0) is 17.6. The first-order chi connectivity index (χ1) is 11.6. The highest BCUT2D eigenvalue weighted by Crippen LogP contribution is 2.04. The van der Waals surface area contributed by atoms with Gasteiger partial charge in [0.15, 0.2) is 0 Å². The molecule has 6 nitrogen and oxygen atoms in total. The molecule has 0 heterocycles. The number of carbonyl (C=O) groups excluding carboxylic acids is 3. The van der Waals surface area contributed by atoms with E-state index in [-0.39, 0.29) is 17.7 Å². The lowest BCUT2D eigenvalue weighted by Gasteiger charge is -2.07. The van der Waals surface area contributed by atoms with Crippen molar-refractivity contribution in [2.45, 2.75) is 38.5 Å². The van der Waals surface area contributed by atoms with E-state index in [2.05, 4.69) is 28.1 Å². The third kappa shape index (κ3) is 9.61. The van der Waals surface area contributed by atoms with Gasteiger partial charge < -0.3 is 16.0 Å². The summed E-state index contributed by atoms with van der Waals surface area (Å²) in [5.74, 6) is -0.164. The molecule has 0 radical (unpaired) electrons. The number of benzene rings is 1. The lowest BCUT2D eigenvalue weighted by atomic mass is 10.1. The van der Waals surface area contributed by atoms with E-state index in [4.69, 9.17) is 0 Å². The van der Waals surface area contributed by atoms with Crippen LogP contribution in [0.5, 0.6) is 0 Å². The average molecular weight is 333 g/mol. The standard InChI is InChI=1S/C18H27N3O3/c1-19-16(22)10-6-12-18(24)21-14-13-20-17(23)11-5-9-15-7-3-2-4-8-15/h2-4,7-8H,5-6,9-14H2,1H3,(H,19,22)(H,20,23)(H,21,24). The highest BCUT2D eigenvalue weighted by atomic mass is 16.2. The molecule has 1 rings (SSSR count). The van der Waals surface area contributed by atoms with Crippen LogP contribution >= 0.6 is 0 Å². The van der Waals surface area contributed by atoms with Crippen LogP contribution in [0.2, 0.25) is 0 Å². The normalized spacial score (nSPS) is 10.0. The smallest absolute Gasteiger partial charge is 0.220 e. The van der Waals surface area contributed by atoms with Gasteiger partial charge in [-0.15, -0.1) is 0 Å². The van der Waals surface area contributed by atoms with Gasteiger partial charge in [0.05, 0.1) is 0 Å². The largest absolute Gasteiger partial charge is 0.359 e. The van der Waals surface area contributed by atoms with Gasteiger partial charge in [0.25, 0.3) is 0 Å². The first-order valence-electron chi connectivity index (χ1n) is 8.39. The topological polar surface area (TPSA) is 87.3 Å². The number of hydrogen-bond acceptors (Lipinski definition) is 3. The Morgan fingerprint density at radius 2 is 1.33 bits per heavy atom. The molecule has 0 aromatic heterocycles. The lowest BCUT2D eigenvalue weighted by molar-refractivity contribution is -0.123. The van der Waals surface area contributed by atoms with E-state index in [9.17, 15) is 14.4 Å². The molecule has 1 aromatic carbocycles. The van der Waals surface area contributed by atoms with Crippen LogP contribution in [0.1, 0.15) is 37.7 Å². The van der Waals surface area contributed by atoms with Gasteiger partial charge in [0, 0.05) is 39.4 Å². The fraction of sp³-hybridized carbons (Fsp3) is 0.500. The van der Waals surface area contributed by atoms with E-state index >= 15 is 0 Å². The first-order valence-corrected chi connectivity index (χ1v) is 8.39. The van der Waals surface area contributed by atoms with Gasteiger partial charge in [0.2, 0.25) is 17.7 Å². The minimum atomic E-state index is -0.0998. The molecule has 1 aromatic rings. The van der Waals surface area contributed by atoms with Crippen LogP contribution < -0.4 is 16.0 Å². The molecule has 0 bridgehead atoms. The number of hydrogen-bond donors (Lipinski definition) is 3. The van der Waals surface area contributed by atoms with Gasteiger partial charge >= 0.3 is 0 Å². The number of nitrogens with one attached hydrogen (secondary N) is 3. The van der Waals surface area contributed by atoms with E-state index < -0.39 is 0 Å². The third-order valence-corrected chi connectivity index (χ3v) is 3.57. The molecule has 0 aliphatic rings. The zero-order valence-corrected chi connectivity index (χ0v) is 14.3. The summed E-state index contributed by atoms with van der Waals surface area (Å²) in [7, 11) is 1.57. The molecule has 0 saturated carbocycles. The van der Waals surface area contributed by atoms with Crippen LogP contribution in [0.25, 0.3) is 0 Å². The molecule has 0 aliphatic carbocycles. The summed E-state index contributed by atoms with van der Waals surface area (Å²) in [5.41, 5.74) is 1.23. The van der Waals surface area contributed by atoms with Crippen molar-refractivity contribution in [3.05, 3.63) is 35.9 Å². The lowest BCUT2D eigenvalue weighted by Crippen LogP contribution is -2.34. The fourth-order valence-electron chi connectivity index (χ4n) is 2.21. The van der Waals surface area contributed by atoms with Gasteiger partial charge in [0.1, 0.15) is 0 Å². The van der Waals surface area contributed by atoms with Crippen LogP contribution in [0.4, 0.5) is 0 Å². The number of rotatable bonds is 11. The number of amides is 3. The Kier molecular flexibility index (Phi) is 9.92. The molecule has 0 atom stereocenters. The van der Waals surface area contributed by atoms with E-state index in [1.54, 1.807) is 7.05 Å². The summed E-state index contributed by atoms with van der Waals surface area (Å²) < 4.78 is 0. The minimum Gasteiger partial charge on any atom is -0.359 e. The maximum absolute atomic E-state index is 11.7. The Bertz CT molecular complexity index is 518.